The Bertz CT molecular complexity index is 324. The number of fused-ring (bicyclic) bond motifs is 1. The molecular weight excluding hydrogens is 139 g/mol. The normalized spacial score (nSPS) is 14.4. The minimum Gasteiger partial charge on any atom is -0.324 e. The van der Waals surface area contributed by atoms with E-state index < -0.39 is 0 Å². The van der Waals surface area contributed by atoms with Gasteiger partial charge in [-0.05, 0) is 6.07 Å². The van der Waals surface area contributed by atoms with Crippen molar-refractivity contribution in [3.05, 3.63) is 18.0 Å². The lowest BCUT2D eigenvalue weighted by Crippen LogP contribution is -2.05. The lowest BCUT2D eigenvalue weighted by molar-refractivity contribution is -0.115. The minimum absolute atomic E-state index is 0.0156. The van der Waals surface area contributed by atoms with Crippen LogP contribution in [0.25, 0.3) is 0 Å². The van der Waals surface area contributed by atoms with Gasteiger partial charge in [0.2, 0.25) is 5.91 Å². The van der Waals surface area contributed by atoms with Gasteiger partial charge >= 0.3 is 0 Å². The molecule has 0 fully saturated rings. The Labute approximate surface area is 65.2 Å². The Kier molecular flexibility index (Phi) is 1.21. The average Bonchev–Trinajstić information content (AvgIpc) is 2.27. The maximum atomic E-state index is 10.8. The predicted molar refractivity (Wildman–Crippen MR) is 42.0 cm³/mol. The van der Waals surface area contributed by atoms with Crippen LogP contribution in [0.3, 0.4) is 0 Å². The van der Waals surface area contributed by atoms with E-state index in [2.05, 4.69) is 10.3 Å². The second kappa shape index (κ2) is 2.08. The monoisotopic (exact) mass is 144 g/mol. The highest BCUT2D eigenvalue weighted by atomic mass is 16.1. The highest BCUT2D eigenvalue weighted by Gasteiger charge is 2.17. The molecule has 3 nitrogen and oxygen atoms in total. The topological polar surface area (TPSA) is 42.0 Å². The first-order chi connectivity index (χ1) is 5.25. The highest BCUT2D eigenvalue weighted by molar-refractivity contribution is 6.32. The summed E-state index contributed by atoms with van der Waals surface area (Å²) in [5, 5.41) is 2.66. The van der Waals surface area contributed by atoms with Crippen molar-refractivity contribution in [2.24, 2.45) is 0 Å². The van der Waals surface area contributed by atoms with Gasteiger partial charge in [-0.3, -0.25) is 9.78 Å². The zero-order valence-corrected chi connectivity index (χ0v) is 5.79. The van der Waals surface area contributed by atoms with Crippen LogP contribution < -0.4 is 10.8 Å². The molecule has 0 aromatic carbocycles. The zero-order valence-electron chi connectivity index (χ0n) is 5.79. The van der Waals surface area contributed by atoms with Crippen LogP contribution in [0.4, 0.5) is 5.69 Å². The van der Waals surface area contributed by atoms with E-state index in [0.29, 0.717) is 11.9 Å². The van der Waals surface area contributed by atoms with Crippen molar-refractivity contribution >= 4 is 24.9 Å². The summed E-state index contributed by atoms with van der Waals surface area (Å²) in [5.41, 5.74) is 2.10. The SMILES string of the molecule is [B]c1cnc2c(c1)NC(=O)C2. The number of hydrogen-bond acceptors (Lipinski definition) is 2. The molecule has 1 aromatic rings. The van der Waals surface area contributed by atoms with E-state index in [4.69, 9.17) is 7.85 Å². The van der Waals surface area contributed by atoms with Crippen LogP contribution in [-0.2, 0) is 11.2 Å². The van der Waals surface area contributed by atoms with Crippen molar-refractivity contribution in [2.45, 2.75) is 6.42 Å². The fourth-order valence-electron chi connectivity index (χ4n) is 1.10. The molecule has 1 N–H and O–H groups in total. The molecule has 0 spiro atoms. The molecule has 11 heavy (non-hydrogen) atoms. The van der Waals surface area contributed by atoms with Crippen LogP contribution in [-0.4, -0.2) is 18.7 Å². The molecule has 0 saturated heterocycles. The largest absolute Gasteiger partial charge is 0.324 e. The summed E-state index contributed by atoms with van der Waals surface area (Å²) in [6.07, 6.45) is 1.93. The standard InChI is InChI=1S/C7H5BN2O/c8-4-1-6-5(9-3-4)2-7(11)10-6/h1,3H,2H2,(H,10,11). The van der Waals surface area contributed by atoms with Crippen molar-refractivity contribution in [3.63, 3.8) is 0 Å². The minimum atomic E-state index is -0.0156. The number of amides is 1. The molecule has 1 amide bonds. The van der Waals surface area contributed by atoms with Crippen molar-refractivity contribution in [3.8, 4) is 0 Å². The second-order valence-electron chi connectivity index (χ2n) is 2.49. The zero-order chi connectivity index (χ0) is 7.84. The van der Waals surface area contributed by atoms with E-state index in [1.165, 1.54) is 0 Å². The van der Waals surface area contributed by atoms with Gasteiger partial charge in [-0.15, -0.1) is 0 Å². The smallest absolute Gasteiger partial charge is 0.230 e. The van der Waals surface area contributed by atoms with Crippen LogP contribution in [0.5, 0.6) is 0 Å². The number of hydrogen-bond donors (Lipinski definition) is 1. The number of anilines is 1. The summed E-state index contributed by atoms with van der Waals surface area (Å²) in [7, 11) is 5.46. The number of pyridine rings is 1. The van der Waals surface area contributed by atoms with Gasteiger partial charge in [0, 0.05) is 6.20 Å². The van der Waals surface area contributed by atoms with Gasteiger partial charge in [0.15, 0.2) is 0 Å². The summed E-state index contributed by atoms with van der Waals surface area (Å²) in [5.74, 6) is -0.0156. The van der Waals surface area contributed by atoms with Crippen molar-refractivity contribution in [1.29, 1.82) is 0 Å². The summed E-state index contributed by atoms with van der Waals surface area (Å²) in [6, 6.07) is 1.72. The van der Waals surface area contributed by atoms with Crippen LogP contribution in [0.15, 0.2) is 12.3 Å². The first kappa shape index (κ1) is 6.40. The van der Waals surface area contributed by atoms with Crippen LogP contribution in [0, 0.1) is 0 Å². The quantitative estimate of drug-likeness (QED) is 0.492. The fourth-order valence-corrected chi connectivity index (χ4v) is 1.10. The first-order valence-corrected chi connectivity index (χ1v) is 3.30. The lowest BCUT2D eigenvalue weighted by atomic mass is 9.98. The number of carbonyl (C=O) groups excluding carboxylic acids is 1. The Morgan fingerprint density at radius 1 is 1.64 bits per heavy atom. The van der Waals surface area contributed by atoms with Gasteiger partial charge in [-0.2, -0.15) is 0 Å². The van der Waals surface area contributed by atoms with Crippen molar-refractivity contribution in [2.75, 3.05) is 5.32 Å². The van der Waals surface area contributed by atoms with Gasteiger partial charge in [0.05, 0.1) is 17.8 Å². The van der Waals surface area contributed by atoms with Gasteiger partial charge in [0.25, 0.3) is 0 Å². The molecule has 0 unspecified atom stereocenters. The number of nitrogens with one attached hydrogen (secondary N) is 1. The number of aromatic nitrogens is 1. The van der Waals surface area contributed by atoms with Crippen LogP contribution in [0.2, 0.25) is 0 Å². The molecule has 1 aliphatic rings. The molecule has 0 saturated carbocycles. The third-order valence-corrected chi connectivity index (χ3v) is 1.59. The van der Waals surface area contributed by atoms with E-state index in [-0.39, 0.29) is 5.91 Å². The number of carbonyl (C=O) groups is 1. The number of rotatable bonds is 0. The molecule has 1 aliphatic heterocycles. The van der Waals surface area contributed by atoms with Crippen LogP contribution >= 0.6 is 0 Å². The van der Waals surface area contributed by atoms with E-state index in [9.17, 15) is 4.79 Å². The summed E-state index contributed by atoms with van der Waals surface area (Å²) in [6.45, 7) is 0. The molecule has 52 valence electrons. The average molecular weight is 144 g/mol. The molecule has 2 heterocycles. The molecule has 2 rings (SSSR count). The molecule has 1 aromatic heterocycles. The molecule has 0 atom stereocenters. The Morgan fingerprint density at radius 3 is 3.27 bits per heavy atom. The Morgan fingerprint density at radius 2 is 2.45 bits per heavy atom. The predicted octanol–water partition coefficient (Wildman–Crippen LogP) is -0.630. The van der Waals surface area contributed by atoms with E-state index in [1.54, 1.807) is 12.3 Å². The highest BCUT2D eigenvalue weighted by Crippen LogP contribution is 2.17. The van der Waals surface area contributed by atoms with Crippen molar-refractivity contribution in [1.82, 2.24) is 4.98 Å². The maximum Gasteiger partial charge on any atom is 0.230 e. The summed E-state index contributed by atoms with van der Waals surface area (Å²) in [4.78, 5) is 14.8. The van der Waals surface area contributed by atoms with Crippen LogP contribution in [0.1, 0.15) is 5.69 Å². The van der Waals surface area contributed by atoms with Gasteiger partial charge in [0.1, 0.15) is 7.85 Å². The third kappa shape index (κ3) is 1.00. The van der Waals surface area contributed by atoms with E-state index >= 15 is 0 Å². The Hall–Kier alpha value is -1.32. The summed E-state index contributed by atoms with van der Waals surface area (Å²) < 4.78 is 0. The molecule has 0 aliphatic carbocycles. The summed E-state index contributed by atoms with van der Waals surface area (Å²) >= 11 is 0. The second-order valence-corrected chi connectivity index (χ2v) is 2.49. The lowest BCUT2D eigenvalue weighted by Gasteiger charge is -1.97. The molecule has 4 heteroatoms. The first-order valence-electron chi connectivity index (χ1n) is 3.30. The maximum absolute atomic E-state index is 10.8. The number of nitrogens with zero attached hydrogens (tertiary/aromatic N) is 1. The third-order valence-electron chi connectivity index (χ3n) is 1.59. The van der Waals surface area contributed by atoms with E-state index in [1.807, 2.05) is 0 Å². The van der Waals surface area contributed by atoms with Gasteiger partial charge in [-0.1, -0.05) is 5.46 Å². The van der Waals surface area contributed by atoms with Gasteiger partial charge < -0.3 is 5.32 Å². The van der Waals surface area contributed by atoms with Crippen molar-refractivity contribution < 1.29 is 4.79 Å². The molecular formula is C7H5BN2O. The molecule has 0 bridgehead atoms. The fraction of sp³-hybridized carbons (Fsp3) is 0.143. The Balaban J connectivity index is 2.51. The van der Waals surface area contributed by atoms with Gasteiger partial charge in [-0.25, -0.2) is 0 Å². The molecule has 2 radical (unpaired) electrons. The van der Waals surface area contributed by atoms with E-state index in [0.717, 1.165) is 11.4 Å².